The normalized spacial score (nSPS) is 19.4. The molecule has 0 spiro atoms. The lowest BCUT2D eigenvalue weighted by Gasteiger charge is -2.25. The fourth-order valence-corrected chi connectivity index (χ4v) is 7.28. The quantitative estimate of drug-likeness (QED) is 0.327. The molecular formula is C31H32F2N4O4S. The molecule has 2 aliphatic heterocycles. The SMILES string of the molecule is Cc1[nH]c(/C=C2\C(=O)Nc3ccc(S(=O)(=O)Cc4c(F)cccc4F)cc32)c(C)c1C(=O)N1CCC[C@@H]1CNC1CC1. The van der Waals surface area contributed by atoms with Crippen molar-refractivity contribution < 1.29 is 26.8 Å². The van der Waals surface area contributed by atoms with Crippen molar-refractivity contribution in [3.8, 4) is 0 Å². The van der Waals surface area contributed by atoms with E-state index in [2.05, 4.69) is 15.6 Å². The molecule has 1 saturated carbocycles. The molecule has 2 aromatic carbocycles. The number of amides is 2. The lowest BCUT2D eigenvalue weighted by atomic mass is 10.0. The fourth-order valence-electron chi connectivity index (χ4n) is 5.88. The summed E-state index contributed by atoms with van der Waals surface area (Å²) in [5.41, 5.74) is 2.97. The highest BCUT2D eigenvalue weighted by molar-refractivity contribution is 7.90. The molecular weight excluding hydrogens is 562 g/mol. The highest BCUT2D eigenvalue weighted by Crippen LogP contribution is 2.37. The number of benzene rings is 2. The Morgan fingerprint density at radius 3 is 2.57 bits per heavy atom. The van der Waals surface area contributed by atoms with E-state index in [0.717, 1.165) is 31.5 Å². The number of nitrogens with one attached hydrogen (secondary N) is 3. The number of likely N-dealkylation sites (tertiary alicyclic amines) is 1. The van der Waals surface area contributed by atoms with Gasteiger partial charge in [-0.2, -0.15) is 0 Å². The van der Waals surface area contributed by atoms with Crippen LogP contribution in [0.3, 0.4) is 0 Å². The van der Waals surface area contributed by atoms with Gasteiger partial charge in [0.2, 0.25) is 0 Å². The Bertz CT molecular complexity index is 1720. The van der Waals surface area contributed by atoms with Gasteiger partial charge >= 0.3 is 0 Å². The third-order valence-electron chi connectivity index (χ3n) is 8.37. The zero-order valence-electron chi connectivity index (χ0n) is 23.4. The van der Waals surface area contributed by atoms with Crippen molar-refractivity contribution in [2.24, 2.45) is 0 Å². The molecule has 0 bridgehead atoms. The van der Waals surface area contributed by atoms with Crippen LogP contribution in [0.2, 0.25) is 0 Å². The second kappa shape index (κ2) is 10.8. The monoisotopic (exact) mass is 594 g/mol. The van der Waals surface area contributed by atoms with E-state index in [1.165, 1.54) is 37.1 Å². The number of halogens is 2. The van der Waals surface area contributed by atoms with Gasteiger partial charge in [-0.3, -0.25) is 9.59 Å². The van der Waals surface area contributed by atoms with Gasteiger partial charge in [-0.05, 0) is 81.5 Å². The molecule has 0 unspecified atom stereocenters. The van der Waals surface area contributed by atoms with Gasteiger partial charge in [0.05, 0.1) is 21.8 Å². The van der Waals surface area contributed by atoms with E-state index in [1.807, 2.05) is 18.7 Å². The van der Waals surface area contributed by atoms with Crippen LogP contribution in [0.5, 0.6) is 0 Å². The van der Waals surface area contributed by atoms with Gasteiger partial charge in [0.25, 0.3) is 11.8 Å². The third-order valence-corrected chi connectivity index (χ3v) is 10.0. The zero-order chi connectivity index (χ0) is 29.8. The molecule has 3 aromatic rings. The van der Waals surface area contributed by atoms with Crippen LogP contribution in [0.25, 0.3) is 11.6 Å². The average Bonchev–Trinajstić information content (AvgIpc) is 3.46. The van der Waals surface area contributed by atoms with Gasteiger partial charge in [0.15, 0.2) is 9.84 Å². The summed E-state index contributed by atoms with van der Waals surface area (Å²) < 4.78 is 54.7. The molecule has 1 atom stereocenters. The van der Waals surface area contributed by atoms with Crippen LogP contribution >= 0.6 is 0 Å². The molecule has 1 aliphatic carbocycles. The Labute approximate surface area is 243 Å². The van der Waals surface area contributed by atoms with Gasteiger partial charge in [-0.1, -0.05) is 6.07 Å². The van der Waals surface area contributed by atoms with Crippen molar-refractivity contribution in [1.82, 2.24) is 15.2 Å². The van der Waals surface area contributed by atoms with Crippen LogP contribution in [-0.4, -0.2) is 55.3 Å². The van der Waals surface area contributed by atoms with Gasteiger partial charge in [-0.25, -0.2) is 17.2 Å². The van der Waals surface area contributed by atoms with E-state index >= 15 is 0 Å². The van der Waals surface area contributed by atoms with Gasteiger partial charge in [-0.15, -0.1) is 0 Å². The molecule has 2 amide bonds. The molecule has 2 fully saturated rings. The van der Waals surface area contributed by atoms with E-state index in [1.54, 1.807) is 6.08 Å². The summed E-state index contributed by atoms with van der Waals surface area (Å²) in [5.74, 6) is -3.22. The largest absolute Gasteiger partial charge is 0.358 e. The van der Waals surface area contributed by atoms with Gasteiger partial charge in [0, 0.05) is 53.4 Å². The van der Waals surface area contributed by atoms with Crippen LogP contribution in [-0.2, 0) is 20.4 Å². The van der Waals surface area contributed by atoms with E-state index in [4.69, 9.17) is 0 Å². The highest BCUT2D eigenvalue weighted by Gasteiger charge is 2.34. The lowest BCUT2D eigenvalue weighted by Crippen LogP contribution is -2.42. The molecule has 0 radical (unpaired) electrons. The Morgan fingerprint density at radius 2 is 1.86 bits per heavy atom. The molecule has 3 heterocycles. The summed E-state index contributed by atoms with van der Waals surface area (Å²) in [6.07, 6.45) is 5.89. The molecule has 1 aromatic heterocycles. The van der Waals surface area contributed by atoms with Crippen molar-refractivity contribution in [2.45, 2.75) is 62.3 Å². The number of H-pyrrole nitrogens is 1. The number of aromatic amines is 1. The summed E-state index contributed by atoms with van der Waals surface area (Å²) in [7, 11) is -4.15. The number of fused-ring (bicyclic) bond motifs is 1. The predicted molar refractivity (Wildman–Crippen MR) is 156 cm³/mol. The number of hydrogen-bond acceptors (Lipinski definition) is 5. The van der Waals surface area contributed by atoms with Crippen LogP contribution in [0.4, 0.5) is 14.5 Å². The minimum atomic E-state index is -4.15. The second-order valence-electron chi connectivity index (χ2n) is 11.3. The van der Waals surface area contributed by atoms with Gasteiger partial charge in [0.1, 0.15) is 11.6 Å². The number of nitrogens with zero attached hydrogens (tertiary/aromatic N) is 1. The van der Waals surface area contributed by atoms with Crippen LogP contribution < -0.4 is 10.6 Å². The molecule has 3 aliphatic rings. The van der Waals surface area contributed by atoms with E-state index < -0.39 is 38.7 Å². The highest BCUT2D eigenvalue weighted by atomic mass is 32.2. The summed E-state index contributed by atoms with van der Waals surface area (Å²) in [6.45, 7) is 5.13. The second-order valence-corrected chi connectivity index (χ2v) is 13.3. The summed E-state index contributed by atoms with van der Waals surface area (Å²) in [4.78, 5) is 31.7. The number of carbonyl (C=O) groups is 2. The molecule has 220 valence electrons. The van der Waals surface area contributed by atoms with Crippen LogP contribution in [0.15, 0.2) is 41.3 Å². The number of rotatable bonds is 8. The molecule has 8 nitrogen and oxygen atoms in total. The van der Waals surface area contributed by atoms with E-state index in [0.29, 0.717) is 46.4 Å². The zero-order valence-corrected chi connectivity index (χ0v) is 24.2. The summed E-state index contributed by atoms with van der Waals surface area (Å²) >= 11 is 0. The number of hydrogen-bond donors (Lipinski definition) is 3. The van der Waals surface area contributed by atoms with E-state index in [-0.39, 0.29) is 22.4 Å². The Hall–Kier alpha value is -3.83. The predicted octanol–water partition coefficient (Wildman–Crippen LogP) is 4.73. The first-order valence-corrected chi connectivity index (χ1v) is 15.8. The maximum Gasteiger partial charge on any atom is 0.256 e. The lowest BCUT2D eigenvalue weighted by molar-refractivity contribution is -0.110. The Balaban J connectivity index is 1.29. The number of sulfone groups is 1. The van der Waals surface area contributed by atoms with Crippen molar-refractivity contribution in [1.29, 1.82) is 0 Å². The number of carbonyl (C=O) groups excluding carboxylic acids is 2. The van der Waals surface area contributed by atoms with Crippen LogP contribution in [0, 0.1) is 25.5 Å². The number of anilines is 1. The maximum atomic E-state index is 14.2. The maximum absolute atomic E-state index is 14.2. The Kier molecular flexibility index (Phi) is 7.26. The number of aromatic nitrogens is 1. The van der Waals surface area contributed by atoms with Crippen molar-refractivity contribution in [3.05, 3.63) is 81.7 Å². The van der Waals surface area contributed by atoms with E-state index in [9.17, 15) is 26.8 Å². The molecule has 11 heteroatoms. The Morgan fingerprint density at radius 1 is 1.12 bits per heavy atom. The first kappa shape index (κ1) is 28.3. The summed E-state index contributed by atoms with van der Waals surface area (Å²) in [5, 5.41) is 6.27. The minimum absolute atomic E-state index is 0.0453. The average molecular weight is 595 g/mol. The van der Waals surface area contributed by atoms with Crippen LogP contribution in [0.1, 0.15) is 64.1 Å². The van der Waals surface area contributed by atoms with Crippen molar-refractivity contribution in [2.75, 3.05) is 18.4 Å². The molecule has 42 heavy (non-hydrogen) atoms. The first-order chi connectivity index (χ1) is 20.0. The minimum Gasteiger partial charge on any atom is -0.358 e. The fraction of sp³-hybridized carbons (Fsp3) is 0.355. The van der Waals surface area contributed by atoms with Gasteiger partial charge < -0.3 is 20.5 Å². The molecule has 1 saturated heterocycles. The van der Waals surface area contributed by atoms with Crippen molar-refractivity contribution >= 4 is 39.0 Å². The van der Waals surface area contributed by atoms with Crippen molar-refractivity contribution in [3.63, 3.8) is 0 Å². The standard InChI is InChI=1S/C31H32F2N4O4S/c1-17-28(35-18(2)29(17)31(39)37-12-4-5-20(37)15-34-19-8-9-19)14-23-22-13-21(10-11-27(22)36-30(23)38)42(40,41)16-24-25(32)6-3-7-26(24)33/h3,6-7,10-11,13-14,19-20,34-35H,4-5,8-9,12,15-16H2,1-2H3,(H,36,38)/b23-14-/t20-/m1/s1. The molecule has 6 rings (SSSR count). The smallest absolute Gasteiger partial charge is 0.256 e. The number of aryl methyl sites for hydroxylation is 1. The first-order valence-electron chi connectivity index (χ1n) is 14.1. The third kappa shape index (κ3) is 5.27. The molecule has 3 N–H and O–H groups in total. The topological polar surface area (TPSA) is 111 Å². The summed E-state index contributed by atoms with van der Waals surface area (Å²) in [6, 6.07) is 8.00.